The minimum atomic E-state index is -1.24. The highest BCUT2D eigenvalue weighted by Crippen LogP contribution is 2.48. The number of fused-ring (bicyclic) bond motifs is 7. The van der Waals surface area contributed by atoms with Crippen molar-refractivity contribution in [3.8, 4) is 28.7 Å². The number of aromatic nitrogens is 1. The molecule has 2 aromatic heterocycles. The van der Waals surface area contributed by atoms with Gasteiger partial charge in [-0.1, -0.05) is 12.1 Å². The molecule has 0 saturated carbocycles. The molecule has 0 saturated heterocycles. The second kappa shape index (κ2) is 9.55. The molecule has 0 radical (unpaired) electrons. The van der Waals surface area contributed by atoms with E-state index in [-0.39, 0.29) is 61.5 Å². The molecule has 11 heteroatoms. The summed E-state index contributed by atoms with van der Waals surface area (Å²) < 4.78 is 18.3. The van der Waals surface area contributed by atoms with Crippen LogP contribution in [0.5, 0.6) is 28.7 Å². The van der Waals surface area contributed by atoms with Crippen LogP contribution < -0.4 is 25.6 Å². The van der Waals surface area contributed by atoms with Crippen LogP contribution >= 0.6 is 0 Å². The smallest absolute Gasteiger partial charge is 0.206 e. The van der Waals surface area contributed by atoms with Gasteiger partial charge in [-0.3, -0.25) is 9.59 Å². The Balaban J connectivity index is 1.38. The topological polar surface area (TPSA) is 174 Å². The number of hydrogen-bond donors (Lipinski definition) is 6. The van der Waals surface area contributed by atoms with Crippen molar-refractivity contribution < 1.29 is 34.3 Å². The highest BCUT2D eigenvalue weighted by atomic mass is 16.5. The lowest BCUT2D eigenvalue weighted by Gasteiger charge is -2.43. The summed E-state index contributed by atoms with van der Waals surface area (Å²) >= 11 is 0. The second-order valence-electron chi connectivity index (χ2n) is 13.5. The van der Waals surface area contributed by atoms with Crippen molar-refractivity contribution in [2.75, 3.05) is 5.32 Å². The zero-order valence-electron chi connectivity index (χ0n) is 26.0. The Morgan fingerprint density at radius 1 is 0.872 bits per heavy atom. The Bertz CT molecular complexity index is 2460. The van der Waals surface area contributed by atoms with E-state index in [2.05, 4.69) is 10.3 Å². The van der Waals surface area contributed by atoms with E-state index >= 15 is 0 Å². The number of rotatable bonds is 2. The van der Waals surface area contributed by atoms with Gasteiger partial charge in [-0.25, -0.2) is 0 Å². The quantitative estimate of drug-likeness (QED) is 0.1000. The van der Waals surface area contributed by atoms with Crippen LogP contribution in [0.25, 0.3) is 43.7 Å². The number of hydrogen-bond acceptors (Lipinski definition) is 10. The first-order chi connectivity index (χ1) is 22.3. The standard InChI is InChI=1S/C36H32N2O9/c1-35(2)12-11-16-21(46-35)14-22-27(31(16)42)32(43)24-18(9-10-19(39)33(24)45-22)38-29-26-23(47-36(3,4)34(29)44)13-20(40)25-28(26)37-17-8-6-5-7-15(17)30(25)41/h5-10,13-14,29,34,38-40,42,44H,11-12H2,1-4H3,(H,37,41). The molecule has 2 atom stereocenters. The molecular weight excluding hydrogens is 604 g/mol. The van der Waals surface area contributed by atoms with Crippen LogP contribution in [0.4, 0.5) is 5.69 Å². The first kappa shape index (κ1) is 29.0. The maximum Gasteiger partial charge on any atom is 0.206 e. The maximum atomic E-state index is 14.3. The Morgan fingerprint density at radius 3 is 2.43 bits per heavy atom. The van der Waals surface area contributed by atoms with Crippen LogP contribution in [-0.4, -0.2) is 42.7 Å². The van der Waals surface area contributed by atoms with E-state index in [1.807, 2.05) is 13.8 Å². The van der Waals surface area contributed by atoms with E-state index in [1.165, 1.54) is 18.2 Å². The number of phenols is 3. The molecule has 8 rings (SSSR count). The second-order valence-corrected chi connectivity index (χ2v) is 13.5. The zero-order valence-corrected chi connectivity index (χ0v) is 26.0. The minimum Gasteiger partial charge on any atom is -0.507 e. The third-order valence-corrected chi connectivity index (χ3v) is 9.49. The Hall–Kier alpha value is -5.42. The summed E-state index contributed by atoms with van der Waals surface area (Å²) in [4.78, 5) is 31.1. The maximum absolute atomic E-state index is 14.3. The van der Waals surface area contributed by atoms with E-state index in [1.54, 1.807) is 44.2 Å². The fourth-order valence-electron chi connectivity index (χ4n) is 7.02. The normalized spacial score (nSPS) is 19.7. The number of anilines is 1. The monoisotopic (exact) mass is 636 g/mol. The third-order valence-electron chi connectivity index (χ3n) is 9.49. The van der Waals surface area contributed by atoms with Gasteiger partial charge in [-0.15, -0.1) is 0 Å². The van der Waals surface area contributed by atoms with Crippen molar-refractivity contribution in [3.63, 3.8) is 0 Å². The predicted octanol–water partition coefficient (Wildman–Crippen LogP) is 5.85. The van der Waals surface area contributed by atoms with E-state index < -0.39 is 34.2 Å². The van der Waals surface area contributed by atoms with Gasteiger partial charge in [-0.2, -0.15) is 0 Å². The summed E-state index contributed by atoms with van der Waals surface area (Å²) in [6, 6.07) is 11.7. The van der Waals surface area contributed by atoms with Gasteiger partial charge in [0.2, 0.25) is 10.9 Å². The van der Waals surface area contributed by atoms with Gasteiger partial charge >= 0.3 is 0 Å². The van der Waals surface area contributed by atoms with Crippen LogP contribution in [0.3, 0.4) is 0 Å². The van der Waals surface area contributed by atoms with Gasteiger partial charge in [0.15, 0.2) is 11.3 Å². The van der Waals surface area contributed by atoms with Gasteiger partial charge in [0.05, 0.1) is 22.3 Å². The number of ether oxygens (including phenoxy) is 2. The van der Waals surface area contributed by atoms with Crippen molar-refractivity contribution >= 4 is 49.4 Å². The number of aliphatic hydroxyl groups is 1. The summed E-state index contributed by atoms with van der Waals surface area (Å²) in [5.41, 5.74) is -0.918. The number of benzene rings is 4. The number of para-hydroxylation sites is 1. The largest absolute Gasteiger partial charge is 0.507 e. The fourth-order valence-corrected chi connectivity index (χ4v) is 7.02. The summed E-state index contributed by atoms with van der Waals surface area (Å²) in [7, 11) is 0. The van der Waals surface area contributed by atoms with Crippen LogP contribution in [0.15, 0.2) is 62.5 Å². The number of aromatic amines is 1. The van der Waals surface area contributed by atoms with Crippen LogP contribution in [-0.2, 0) is 6.42 Å². The molecule has 11 nitrogen and oxygen atoms in total. The number of phenolic OH excluding ortho intramolecular Hbond substituents is 3. The lowest BCUT2D eigenvalue weighted by atomic mass is 9.84. The first-order valence-corrected chi connectivity index (χ1v) is 15.4. The van der Waals surface area contributed by atoms with E-state index in [0.717, 1.165) is 0 Å². The molecule has 47 heavy (non-hydrogen) atoms. The van der Waals surface area contributed by atoms with Gasteiger partial charge < -0.3 is 44.6 Å². The minimum absolute atomic E-state index is 0.0194. The van der Waals surface area contributed by atoms with Gasteiger partial charge in [-0.05, 0) is 64.8 Å². The SMILES string of the molecule is CC1(C)CCc2c(cc3oc4c(O)ccc(NC5c6c(cc(O)c7c(=O)c8ccccc8[nH]c67)OC(C)(C)C5O)c4c(=O)c3c2O)O1. The summed E-state index contributed by atoms with van der Waals surface area (Å²) in [6.45, 7) is 7.23. The Labute approximate surface area is 266 Å². The van der Waals surface area contributed by atoms with E-state index in [4.69, 9.17) is 13.9 Å². The Morgan fingerprint density at radius 2 is 1.64 bits per heavy atom. The van der Waals surface area contributed by atoms with Crippen molar-refractivity contribution in [2.45, 2.75) is 63.9 Å². The lowest BCUT2D eigenvalue weighted by Crippen LogP contribution is -2.51. The molecule has 240 valence electrons. The number of nitrogens with one attached hydrogen (secondary N) is 2. The molecule has 0 amide bonds. The van der Waals surface area contributed by atoms with Gasteiger partial charge in [0.1, 0.15) is 51.3 Å². The summed E-state index contributed by atoms with van der Waals surface area (Å²) in [6.07, 6.45) is -0.127. The van der Waals surface area contributed by atoms with E-state index in [9.17, 15) is 30.0 Å². The van der Waals surface area contributed by atoms with E-state index in [0.29, 0.717) is 40.6 Å². The van der Waals surface area contributed by atoms with Crippen molar-refractivity contribution in [1.29, 1.82) is 0 Å². The predicted molar refractivity (Wildman–Crippen MR) is 177 cm³/mol. The highest BCUT2D eigenvalue weighted by Gasteiger charge is 2.45. The molecule has 2 unspecified atom stereocenters. The molecule has 0 aliphatic carbocycles. The highest BCUT2D eigenvalue weighted by molar-refractivity contribution is 6.03. The molecule has 6 N–H and O–H groups in total. The van der Waals surface area contributed by atoms with Crippen LogP contribution in [0.1, 0.15) is 51.3 Å². The summed E-state index contributed by atoms with van der Waals surface area (Å²) in [5, 5.41) is 48.6. The van der Waals surface area contributed by atoms with Gasteiger partial charge in [0, 0.05) is 39.8 Å². The van der Waals surface area contributed by atoms with Crippen LogP contribution in [0, 0.1) is 0 Å². The third kappa shape index (κ3) is 4.15. The van der Waals surface area contributed by atoms with Crippen molar-refractivity contribution in [2.24, 2.45) is 0 Å². The molecule has 6 aromatic rings. The fraction of sp³-hybridized carbons (Fsp3) is 0.278. The number of aromatic hydroxyl groups is 3. The molecule has 4 aromatic carbocycles. The Kier molecular flexibility index (Phi) is 5.90. The first-order valence-electron chi connectivity index (χ1n) is 15.4. The average molecular weight is 637 g/mol. The molecule has 0 spiro atoms. The number of aliphatic hydroxyl groups excluding tert-OH is 1. The van der Waals surface area contributed by atoms with Crippen molar-refractivity contribution in [1.82, 2.24) is 4.98 Å². The number of H-pyrrole nitrogens is 1. The average Bonchev–Trinajstić information content (AvgIpc) is 3.00. The molecule has 0 bridgehead atoms. The van der Waals surface area contributed by atoms with Crippen molar-refractivity contribution in [3.05, 3.63) is 80.1 Å². The summed E-state index contributed by atoms with van der Waals surface area (Å²) in [5.74, 6) is -0.209. The molecule has 2 aliphatic rings. The van der Waals surface area contributed by atoms with Gasteiger partial charge in [0.25, 0.3) is 0 Å². The number of pyridine rings is 1. The lowest BCUT2D eigenvalue weighted by molar-refractivity contribution is -0.0528. The van der Waals surface area contributed by atoms with Crippen LogP contribution in [0.2, 0.25) is 0 Å². The molecule has 2 aliphatic heterocycles. The zero-order chi connectivity index (χ0) is 33.2. The molecule has 4 heterocycles. The molecular formula is C36H32N2O9. The molecule has 0 fully saturated rings.